The highest BCUT2D eigenvalue weighted by atomic mass is 35.5. The van der Waals surface area contributed by atoms with E-state index in [0.717, 1.165) is 16.1 Å². The molecule has 0 fully saturated rings. The Bertz CT molecular complexity index is 580. The molecule has 4 nitrogen and oxygen atoms in total. The van der Waals surface area contributed by atoms with Crippen LogP contribution in [0.5, 0.6) is 0 Å². The number of benzene rings is 1. The Balaban J connectivity index is 0.000000533. The van der Waals surface area contributed by atoms with Crippen LogP contribution in [0.25, 0.3) is 0 Å². The van der Waals surface area contributed by atoms with Gasteiger partial charge < -0.3 is 9.04 Å². The minimum atomic E-state index is -4.27. The molecule has 0 aliphatic heterocycles. The molecule has 1 aromatic rings. The quantitative estimate of drug-likeness (QED) is 0.144. The summed E-state index contributed by atoms with van der Waals surface area (Å²) in [6.45, 7) is 12.5. The Kier molecular flexibility index (Phi) is 14.1. The van der Waals surface area contributed by atoms with E-state index in [2.05, 4.69) is 20.8 Å². The molecule has 0 aliphatic rings. The molecular formula is C21H38ClNO3S. The summed E-state index contributed by atoms with van der Waals surface area (Å²) in [5.74, 6) is 0. The van der Waals surface area contributed by atoms with Gasteiger partial charge in [0.2, 0.25) is 0 Å². The number of hydrogen-bond acceptors (Lipinski definition) is 3. The molecule has 0 N–H and O–H groups in total. The summed E-state index contributed by atoms with van der Waals surface area (Å²) < 4.78 is 32.3. The van der Waals surface area contributed by atoms with E-state index in [1.165, 1.54) is 76.7 Å². The van der Waals surface area contributed by atoms with Crippen molar-refractivity contribution in [3.8, 4) is 0 Å². The summed E-state index contributed by atoms with van der Waals surface area (Å²) in [7, 11) is -4.27. The summed E-state index contributed by atoms with van der Waals surface area (Å²) in [4.78, 5) is -0.178. The van der Waals surface area contributed by atoms with Crippen molar-refractivity contribution in [1.82, 2.24) is 0 Å². The lowest BCUT2D eigenvalue weighted by Crippen LogP contribution is -2.49. The highest BCUT2D eigenvalue weighted by Crippen LogP contribution is 2.16. The van der Waals surface area contributed by atoms with Gasteiger partial charge >= 0.3 is 0 Å². The summed E-state index contributed by atoms with van der Waals surface area (Å²) in [5.41, 5.74) is 0.928. The van der Waals surface area contributed by atoms with Crippen molar-refractivity contribution in [3.05, 3.63) is 29.8 Å². The van der Waals surface area contributed by atoms with Gasteiger partial charge in [-0.15, -0.1) is 0 Å². The van der Waals surface area contributed by atoms with E-state index in [9.17, 15) is 13.0 Å². The second-order valence-electron chi connectivity index (χ2n) is 7.31. The average Bonchev–Trinajstić information content (AvgIpc) is 2.64. The largest absolute Gasteiger partial charge is 0.744 e. The van der Waals surface area contributed by atoms with E-state index in [4.69, 9.17) is 11.6 Å². The van der Waals surface area contributed by atoms with Crippen molar-refractivity contribution in [3.63, 3.8) is 0 Å². The maximum atomic E-state index is 10.4. The Morgan fingerprint density at radius 3 is 1.67 bits per heavy atom. The van der Waals surface area contributed by atoms with E-state index in [1.54, 1.807) is 12.1 Å². The van der Waals surface area contributed by atoms with E-state index in [0.29, 0.717) is 0 Å². The van der Waals surface area contributed by atoms with Crippen LogP contribution in [0.15, 0.2) is 29.2 Å². The van der Waals surface area contributed by atoms with Crippen LogP contribution in [0.4, 0.5) is 0 Å². The first-order chi connectivity index (χ1) is 12.7. The predicted octanol–water partition coefficient (Wildman–Crippen LogP) is 5.69. The Morgan fingerprint density at radius 2 is 1.30 bits per heavy atom. The van der Waals surface area contributed by atoms with E-state index < -0.39 is 10.1 Å². The van der Waals surface area contributed by atoms with Crippen LogP contribution in [0, 0.1) is 6.92 Å². The number of rotatable bonds is 12. The van der Waals surface area contributed by atoms with Crippen LogP contribution in [0.1, 0.15) is 71.3 Å². The normalized spacial score (nSPS) is 11.8. The van der Waals surface area contributed by atoms with Gasteiger partial charge in [0.1, 0.15) is 10.1 Å². The highest BCUT2D eigenvalue weighted by Gasteiger charge is 2.24. The molecule has 0 aliphatic carbocycles. The van der Waals surface area contributed by atoms with Crippen LogP contribution >= 0.6 is 11.6 Å². The number of quaternary nitrogens is 1. The van der Waals surface area contributed by atoms with Crippen molar-refractivity contribution >= 4 is 21.7 Å². The topological polar surface area (TPSA) is 57.2 Å². The first-order valence-electron chi connectivity index (χ1n) is 10.2. The number of hydrogen-bond donors (Lipinski definition) is 0. The van der Waals surface area contributed by atoms with Gasteiger partial charge in [-0.25, -0.2) is 8.42 Å². The molecule has 27 heavy (non-hydrogen) atoms. The molecule has 0 unspecified atom stereocenters. The van der Waals surface area contributed by atoms with Crippen molar-refractivity contribution in [2.24, 2.45) is 0 Å². The van der Waals surface area contributed by atoms with Crippen molar-refractivity contribution < 1.29 is 17.5 Å². The molecule has 1 aromatic carbocycles. The summed E-state index contributed by atoms with van der Waals surface area (Å²) in [6, 6.07) is 6.59. The van der Waals surface area contributed by atoms with Crippen LogP contribution in [0.3, 0.4) is 0 Å². The highest BCUT2D eigenvalue weighted by molar-refractivity contribution is 7.85. The zero-order valence-corrected chi connectivity index (χ0v) is 19.1. The second-order valence-corrected chi connectivity index (χ2v) is 8.93. The molecule has 0 amide bonds. The monoisotopic (exact) mass is 419 g/mol. The van der Waals surface area contributed by atoms with Crippen LogP contribution in [-0.4, -0.2) is 43.1 Å². The fraction of sp³-hybridized carbons (Fsp3) is 0.714. The second kappa shape index (κ2) is 14.4. The van der Waals surface area contributed by atoms with Gasteiger partial charge in [0, 0.05) is 0 Å². The smallest absolute Gasteiger partial charge is 0.154 e. The zero-order valence-electron chi connectivity index (χ0n) is 17.5. The molecule has 0 radical (unpaired) electrons. The van der Waals surface area contributed by atoms with Gasteiger partial charge in [-0.05, 0) is 44.7 Å². The molecule has 6 heteroatoms. The van der Waals surface area contributed by atoms with E-state index in [1.807, 2.05) is 6.92 Å². The van der Waals surface area contributed by atoms with Crippen LogP contribution in [0.2, 0.25) is 0 Å². The first kappa shape index (κ1) is 26.4. The van der Waals surface area contributed by atoms with E-state index >= 15 is 0 Å². The average molecular weight is 420 g/mol. The number of halogens is 1. The summed E-state index contributed by atoms with van der Waals surface area (Å²) >= 11 is 6.25. The summed E-state index contributed by atoms with van der Waals surface area (Å²) in [6.07, 6.45) is 9.23. The standard InChI is InChI=1S/C14H31ClN.C7H8O3S/c1-4-7-10-13-16(14-15,11-8-5-2)12-9-6-3;1-6-2-4-7(5-3-6)11(8,9)10/h4-14H2,1-3H3;2-5H,1H3,(H,8,9,10)/q+1;/p-1. The van der Waals surface area contributed by atoms with Crippen molar-refractivity contribution in [1.29, 1.82) is 0 Å². The van der Waals surface area contributed by atoms with Crippen LogP contribution < -0.4 is 0 Å². The van der Waals surface area contributed by atoms with Gasteiger partial charge in [0.05, 0.1) is 24.5 Å². The number of alkyl halides is 1. The maximum Gasteiger partial charge on any atom is 0.154 e. The molecular weight excluding hydrogens is 382 g/mol. The lowest BCUT2D eigenvalue weighted by molar-refractivity contribution is -0.918. The molecule has 0 spiro atoms. The van der Waals surface area contributed by atoms with Gasteiger partial charge in [-0.1, -0.05) is 69.3 Å². The lowest BCUT2D eigenvalue weighted by Gasteiger charge is -2.37. The van der Waals surface area contributed by atoms with E-state index in [-0.39, 0.29) is 4.90 Å². The van der Waals surface area contributed by atoms with Crippen molar-refractivity contribution in [2.45, 2.75) is 77.5 Å². The van der Waals surface area contributed by atoms with Crippen molar-refractivity contribution in [2.75, 3.05) is 25.6 Å². The molecule has 0 atom stereocenters. The zero-order chi connectivity index (χ0) is 20.8. The maximum absolute atomic E-state index is 10.4. The van der Waals surface area contributed by atoms with Gasteiger partial charge in [0.15, 0.2) is 6.00 Å². The minimum Gasteiger partial charge on any atom is -0.744 e. The first-order valence-corrected chi connectivity index (χ1v) is 12.1. The number of aryl methyl sites for hydroxylation is 1. The molecule has 0 aromatic heterocycles. The Hall–Kier alpha value is -0.620. The minimum absolute atomic E-state index is 0.178. The molecule has 0 saturated heterocycles. The third-order valence-electron chi connectivity index (χ3n) is 4.77. The predicted molar refractivity (Wildman–Crippen MR) is 114 cm³/mol. The van der Waals surface area contributed by atoms with Gasteiger partial charge in [-0.2, -0.15) is 0 Å². The lowest BCUT2D eigenvalue weighted by atomic mass is 10.2. The molecule has 158 valence electrons. The third kappa shape index (κ3) is 11.7. The molecule has 0 heterocycles. The number of nitrogens with zero attached hydrogens (tertiary/aromatic N) is 1. The van der Waals surface area contributed by atoms with Crippen LogP contribution in [-0.2, 0) is 10.1 Å². The van der Waals surface area contributed by atoms with Gasteiger partial charge in [-0.3, -0.25) is 0 Å². The molecule has 1 rings (SSSR count). The fourth-order valence-corrected chi connectivity index (χ4v) is 3.73. The molecule has 0 saturated carbocycles. The Labute approximate surface area is 172 Å². The molecule has 0 bridgehead atoms. The van der Waals surface area contributed by atoms with Gasteiger partial charge in [0.25, 0.3) is 0 Å². The fourth-order valence-electron chi connectivity index (χ4n) is 2.90. The third-order valence-corrected chi connectivity index (χ3v) is 6.13. The summed E-state index contributed by atoms with van der Waals surface area (Å²) in [5, 5.41) is 0. The SMILES string of the molecule is CCCCC[N+](CCl)(CCCC)CCCC.Cc1ccc(S(=O)(=O)[O-])cc1. The Morgan fingerprint density at radius 1 is 0.852 bits per heavy atom. The number of unbranched alkanes of at least 4 members (excludes halogenated alkanes) is 4.